The minimum Gasteiger partial charge on any atom is -0.355 e. The molecule has 1 heterocycles. The Morgan fingerprint density at radius 1 is 1.21 bits per heavy atom. The Labute approximate surface area is 117 Å². The maximum Gasteiger partial charge on any atom is 0.234 e. The van der Waals surface area contributed by atoms with Crippen molar-refractivity contribution < 1.29 is 4.79 Å². The first-order chi connectivity index (χ1) is 9.13. The van der Waals surface area contributed by atoms with Crippen LogP contribution in [0.15, 0.2) is 0 Å². The second-order valence-corrected chi connectivity index (χ2v) is 6.60. The average Bonchev–Trinajstić information content (AvgIpc) is 3.20. The molecule has 4 nitrogen and oxygen atoms in total. The van der Waals surface area contributed by atoms with Gasteiger partial charge in [0.15, 0.2) is 0 Å². The van der Waals surface area contributed by atoms with E-state index in [0.717, 1.165) is 31.6 Å². The second-order valence-electron chi connectivity index (χ2n) is 6.60. The number of amides is 1. The van der Waals surface area contributed by atoms with E-state index in [1.54, 1.807) is 0 Å². The van der Waals surface area contributed by atoms with Gasteiger partial charge in [0.25, 0.3) is 0 Å². The minimum absolute atomic E-state index is 0.184. The zero-order chi connectivity index (χ0) is 13.7. The predicted molar refractivity (Wildman–Crippen MR) is 78.0 cm³/mol. The third-order valence-corrected chi connectivity index (χ3v) is 4.05. The van der Waals surface area contributed by atoms with Crippen molar-refractivity contribution in [3.63, 3.8) is 0 Å². The summed E-state index contributed by atoms with van der Waals surface area (Å²) in [5.74, 6) is 1.53. The van der Waals surface area contributed by atoms with Crippen LogP contribution in [0.5, 0.6) is 0 Å². The molecule has 2 rings (SSSR count). The summed E-state index contributed by atoms with van der Waals surface area (Å²) in [4.78, 5) is 14.1. The summed E-state index contributed by atoms with van der Waals surface area (Å²) in [6, 6.07) is 0.819. The van der Waals surface area contributed by atoms with Crippen molar-refractivity contribution in [3.05, 3.63) is 0 Å². The van der Waals surface area contributed by atoms with Crippen molar-refractivity contribution in [3.8, 4) is 0 Å². The standard InChI is InChI=1S/C15H29N3O/c1-12(2)9-17-15(19)11-18-7-5-13(6-8-18)10-16-14-3-4-14/h12-14,16H,3-11H2,1-2H3,(H,17,19). The smallest absolute Gasteiger partial charge is 0.234 e. The Balaban J connectivity index is 1.55. The minimum atomic E-state index is 0.184. The van der Waals surface area contributed by atoms with Gasteiger partial charge in [0.2, 0.25) is 5.91 Å². The predicted octanol–water partition coefficient (Wildman–Crippen LogP) is 1.22. The molecule has 1 aliphatic heterocycles. The fourth-order valence-electron chi connectivity index (χ4n) is 2.55. The number of likely N-dealkylation sites (tertiary alicyclic amines) is 1. The van der Waals surface area contributed by atoms with Crippen LogP contribution in [0.3, 0.4) is 0 Å². The van der Waals surface area contributed by atoms with E-state index in [4.69, 9.17) is 0 Å². The van der Waals surface area contributed by atoms with Crippen LogP contribution < -0.4 is 10.6 Å². The SMILES string of the molecule is CC(C)CNC(=O)CN1CCC(CNC2CC2)CC1. The van der Waals surface area contributed by atoms with E-state index in [9.17, 15) is 4.79 Å². The van der Waals surface area contributed by atoms with Crippen LogP contribution in [-0.2, 0) is 4.79 Å². The first kappa shape index (κ1) is 14.8. The van der Waals surface area contributed by atoms with Crippen molar-refractivity contribution in [1.82, 2.24) is 15.5 Å². The molecule has 2 aliphatic rings. The molecular formula is C15H29N3O. The first-order valence-electron chi connectivity index (χ1n) is 7.86. The fourth-order valence-corrected chi connectivity index (χ4v) is 2.55. The molecule has 110 valence electrons. The van der Waals surface area contributed by atoms with Gasteiger partial charge in [-0.1, -0.05) is 13.8 Å². The molecule has 0 unspecified atom stereocenters. The molecule has 0 spiro atoms. The summed E-state index contributed by atoms with van der Waals surface area (Å²) in [5.41, 5.74) is 0. The number of piperidine rings is 1. The van der Waals surface area contributed by atoms with Gasteiger partial charge in [-0.2, -0.15) is 0 Å². The van der Waals surface area contributed by atoms with Crippen molar-refractivity contribution in [1.29, 1.82) is 0 Å². The Kier molecular flexibility index (Phi) is 5.64. The molecule has 0 bridgehead atoms. The summed E-state index contributed by atoms with van der Waals surface area (Å²) >= 11 is 0. The van der Waals surface area contributed by atoms with Crippen LogP contribution in [0.25, 0.3) is 0 Å². The molecular weight excluding hydrogens is 238 g/mol. The van der Waals surface area contributed by atoms with E-state index >= 15 is 0 Å². The van der Waals surface area contributed by atoms with E-state index < -0.39 is 0 Å². The quantitative estimate of drug-likeness (QED) is 0.729. The average molecular weight is 267 g/mol. The highest BCUT2D eigenvalue weighted by molar-refractivity contribution is 5.78. The van der Waals surface area contributed by atoms with Gasteiger partial charge in [-0.05, 0) is 57.2 Å². The maximum absolute atomic E-state index is 11.8. The van der Waals surface area contributed by atoms with Crippen LogP contribution in [0.4, 0.5) is 0 Å². The normalized spacial score (nSPS) is 21.8. The Morgan fingerprint density at radius 2 is 1.89 bits per heavy atom. The van der Waals surface area contributed by atoms with Gasteiger partial charge >= 0.3 is 0 Å². The van der Waals surface area contributed by atoms with Crippen LogP contribution in [0.2, 0.25) is 0 Å². The first-order valence-corrected chi connectivity index (χ1v) is 7.86. The lowest BCUT2D eigenvalue weighted by Crippen LogP contribution is -2.43. The molecule has 0 aromatic heterocycles. The summed E-state index contributed by atoms with van der Waals surface area (Å²) < 4.78 is 0. The summed E-state index contributed by atoms with van der Waals surface area (Å²) in [5, 5.41) is 6.61. The fraction of sp³-hybridized carbons (Fsp3) is 0.933. The number of carbonyl (C=O) groups excluding carboxylic acids is 1. The molecule has 1 saturated carbocycles. The molecule has 19 heavy (non-hydrogen) atoms. The number of nitrogens with zero attached hydrogens (tertiary/aromatic N) is 1. The van der Waals surface area contributed by atoms with Gasteiger partial charge in [-0.25, -0.2) is 0 Å². The number of hydrogen-bond donors (Lipinski definition) is 2. The van der Waals surface area contributed by atoms with Crippen LogP contribution in [0.1, 0.15) is 39.5 Å². The van der Waals surface area contributed by atoms with E-state index in [1.807, 2.05) is 0 Å². The van der Waals surface area contributed by atoms with Gasteiger partial charge < -0.3 is 10.6 Å². The highest BCUT2D eigenvalue weighted by atomic mass is 16.2. The Morgan fingerprint density at radius 3 is 2.47 bits per heavy atom. The third-order valence-electron chi connectivity index (χ3n) is 4.05. The third kappa shape index (κ3) is 5.91. The molecule has 2 N–H and O–H groups in total. The van der Waals surface area contributed by atoms with Gasteiger partial charge in [0, 0.05) is 12.6 Å². The summed E-state index contributed by atoms with van der Waals surface area (Å²) in [6.07, 6.45) is 5.21. The lowest BCUT2D eigenvalue weighted by molar-refractivity contribution is -0.122. The molecule has 1 aliphatic carbocycles. The molecule has 0 atom stereocenters. The zero-order valence-corrected chi connectivity index (χ0v) is 12.5. The topological polar surface area (TPSA) is 44.4 Å². The number of rotatable bonds is 7. The van der Waals surface area contributed by atoms with Crippen molar-refractivity contribution in [2.45, 2.75) is 45.6 Å². The maximum atomic E-state index is 11.8. The highest BCUT2D eigenvalue weighted by Gasteiger charge is 2.24. The van der Waals surface area contributed by atoms with Crippen LogP contribution in [0, 0.1) is 11.8 Å². The lowest BCUT2D eigenvalue weighted by Gasteiger charge is -2.31. The van der Waals surface area contributed by atoms with Gasteiger partial charge in [-0.15, -0.1) is 0 Å². The Hall–Kier alpha value is -0.610. The molecule has 4 heteroatoms. The number of carbonyl (C=O) groups is 1. The molecule has 0 aromatic rings. The highest BCUT2D eigenvalue weighted by Crippen LogP contribution is 2.21. The molecule has 1 saturated heterocycles. The van der Waals surface area contributed by atoms with E-state index in [-0.39, 0.29) is 5.91 Å². The van der Waals surface area contributed by atoms with Gasteiger partial charge in [0.05, 0.1) is 6.54 Å². The molecule has 2 fully saturated rings. The zero-order valence-electron chi connectivity index (χ0n) is 12.5. The summed E-state index contributed by atoms with van der Waals surface area (Å²) in [6.45, 7) is 8.95. The van der Waals surface area contributed by atoms with E-state index in [1.165, 1.54) is 32.2 Å². The lowest BCUT2D eigenvalue weighted by atomic mass is 9.97. The van der Waals surface area contributed by atoms with Gasteiger partial charge in [0.1, 0.15) is 0 Å². The molecule has 0 radical (unpaired) electrons. The number of nitrogens with one attached hydrogen (secondary N) is 2. The van der Waals surface area contributed by atoms with Crippen LogP contribution in [-0.4, -0.2) is 49.6 Å². The molecule has 0 aromatic carbocycles. The van der Waals surface area contributed by atoms with E-state index in [0.29, 0.717) is 12.5 Å². The molecule has 1 amide bonds. The van der Waals surface area contributed by atoms with Crippen molar-refractivity contribution in [2.24, 2.45) is 11.8 Å². The summed E-state index contributed by atoms with van der Waals surface area (Å²) in [7, 11) is 0. The van der Waals surface area contributed by atoms with E-state index in [2.05, 4.69) is 29.4 Å². The van der Waals surface area contributed by atoms with Crippen molar-refractivity contribution >= 4 is 5.91 Å². The number of hydrogen-bond acceptors (Lipinski definition) is 3. The van der Waals surface area contributed by atoms with Gasteiger partial charge in [-0.3, -0.25) is 9.69 Å². The van der Waals surface area contributed by atoms with Crippen molar-refractivity contribution in [2.75, 3.05) is 32.7 Å². The second kappa shape index (κ2) is 7.25. The Bertz CT molecular complexity index is 281. The monoisotopic (exact) mass is 267 g/mol. The largest absolute Gasteiger partial charge is 0.355 e. The van der Waals surface area contributed by atoms with Crippen LogP contribution >= 0.6 is 0 Å².